The van der Waals surface area contributed by atoms with E-state index in [9.17, 15) is 13.6 Å². The highest BCUT2D eigenvalue weighted by molar-refractivity contribution is 5.73. The van der Waals surface area contributed by atoms with Crippen molar-refractivity contribution in [3.63, 3.8) is 0 Å². The van der Waals surface area contributed by atoms with Gasteiger partial charge in [0.15, 0.2) is 17.5 Å². The number of carboxylic acid groups (broad SMARTS) is 1. The molecule has 8 nitrogen and oxygen atoms in total. The third-order valence-electron chi connectivity index (χ3n) is 4.95. The van der Waals surface area contributed by atoms with Gasteiger partial charge in [0.2, 0.25) is 5.88 Å². The third kappa shape index (κ3) is 5.17. The highest BCUT2D eigenvalue weighted by atomic mass is 19.2. The van der Waals surface area contributed by atoms with Crippen molar-refractivity contribution in [1.82, 2.24) is 20.2 Å². The lowest BCUT2D eigenvalue weighted by Gasteiger charge is -2.18. The van der Waals surface area contributed by atoms with Gasteiger partial charge in [-0.25, -0.2) is 13.8 Å². The number of aromatic amines is 1. The van der Waals surface area contributed by atoms with Gasteiger partial charge in [0.1, 0.15) is 12.4 Å². The van der Waals surface area contributed by atoms with E-state index in [-0.39, 0.29) is 18.4 Å². The van der Waals surface area contributed by atoms with Gasteiger partial charge in [0.25, 0.3) is 0 Å². The smallest absolute Gasteiger partial charge is 0.341 e. The first-order valence-electron chi connectivity index (χ1n) is 10.2. The summed E-state index contributed by atoms with van der Waals surface area (Å²) in [6, 6.07) is 14.0. The zero-order chi connectivity index (χ0) is 24.3. The summed E-state index contributed by atoms with van der Waals surface area (Å²) in [5, 5.41) is 15.8. The van der Waals surface area contributed by atoms with Crippen LogP contribution in [0.15, 0.2) is 60.8 Å². The number of aliphatic carboxylic acids is 1. The fraction of sp³-hybridized carbons (Fsp3) is 0.167. The molecule has 4 rings (SSSR count). The molecule has 0 aliphatic carbocycles. The maximum Gasteiger partial charge on any atom is 0.341 e. The number of aromatic nitrogens is 4. The Kier molecular flexibility index (Phi) is 6.22. The summed E-state index contributed by atoms with van der Waals surface area (Å²) in [6.07, 6.45) is 1.64. The summed E-state index contributed by atoms with van der Waals surface area (Å²) in [5.74, 6) is -2.09. The number of nitrogens with zero attached hydrogens (tertiary/aromatic N) is 3. The molecule has 0 spiro atoms. The zero-order valence-corrected chi connectivity index (χ0v) is 18.3. The second-order valence-corrected chi connectivity index (χ2v) is 8.08. The van der Waals surface area contributed by atoms with E-state index in [2.05, 4.69) is 20.2 Å². The van der Waals surface area contributed by atoms with Gasteiger partial charge >= 0.3 is 12.0 Å². The Morgan fingerprint density at radius 2 is 1.71 bits per heavy atom. The van der Waals surface area contributed by atoms with Crippen LogP contribution in [0.2, 0.25) is 0 Å². The monoisotopic (exact) mass is 466 g/mol. The van der Waals surface area contributed by atoms with Crippen LogP contribution in [0, 0.1) is 17.0 Å². The topological polar surface area (TPSA) is 110 Å². The van der Waals surface area contributed by atoms with Gasteiger partial charge in [0.05, 0.1) is 5.41 Å². The molecule has 2 N–H and O–H groups in total. The van der Waals surface area contributed by atoms with Crippen molar-refractivity contribution in [2.45, 2.75) is 13.8 Å². The van der Waals surface area contributed by atoms with Crippen LogP contribution in [0.5, 0.6) is 17.6 Å². The van der Waals surface area contributed by atoms with Crippen LogP contribution >= 0.6 is 0 Å². The van der Waals surface area contributed by atoms with Gasteiger partial charge in [-0.05, 0) is 37.6 Å². The van der Waals surface area contributed by atoms with E-state index in [0.717, 1.165) is 28.8 Å². The lowest BCUT2D eigenvalue weighted by Crippen LogP contribution is -2.30. The van der Waals surface area contributed by atoms with Crippen molar-refractivity contribution >= 4 is 5.97 Å². The summed E-state index contributed by atoms with van der Waals surface area (Å²) in [4.78, 5) is 19.6. The Hall–Kier alpha value is -4.34. The lowest BCUT2D eigenvalue weighted by molar-refractivity contribution is -0.148. The zero-order valence-electron chi connectivity index (χ0n) is 18.3. The minimum atomic E-state index is -1.03. The Morgan fingerprint density at radius 3 is 2.35 bits per heavy atom. The second kappa shape index (κ2) is 9.26. The summed E-state index contributed by atoms with van der Waals surface area (Å²) < 4.78 is 37.2. The summed E-state index contributed by atoms with van der Waals surface area (Å²) >= 11 is 0. The van der Waals surface area contributed by atoms with Crippen LogP contribution in [0.1, 0.15) is 13.8 Å². The number of ether oxygens (including phenoxy) is 2. The predicted octanol–water partition coefficient (Wildman–Crippen LogP) is 5.09. The average molecular weight is 466 g/mol. The van der Waals surface area contributed by atoms with Crippen LogP contribution < -0.4 is 9.47 Å². The molecule has 2 heterocycles. The number of H-pyrrole nitrogens is 1. The average Bonchev–Trinajstić information content (AvgIpc) is 3.29. The molecule has 10 heteroatoms. The number of halogens is 2. The highest BCUT2D eigenvalue weighted by Gasteiger charge is 2.28. The second-order valence-electron chi connectivity index (χ2n) is 8.08. The molecule has 0 aliphatic rings. The number of pyridine rings is 1. The van der Waals surface area contributed by atoms with Gasteiger partial charge in [-0.3, -0.25) is 9.89 Å². The largest absolute Gasteiger partial charge is 0.481 e. The van der Waals surface area contributed by atoms with E-state index in [4.69, 9.17) is 14.6 Å². The van der Waals surface area contributed by atoms with Gasteiger partial charge in [-0.2, -0.15) is 4.98 Å². The number of carbonyl (C=O) groups is 1. The molecule has 2 aromatic carbocycles. The van der Waals surface area contributed by atoms with Crippen molar-refractivity contribution in [2.24, 2.45) is 5.41 Å². The molecule has 0 fully saturated rings. The molecule has 4 aromatic rings. The first-order chi connectivity index (χ1) is 16.2. The highest BCUT2D eigenvalue weighted by Crippen LogP contribution is 2.26. The van der Waals surface area contributed by atoms with Crippen LogP contribution in [-0.2, 0) is 4.79 Å². The summed E-state index contributed by atoms with van der Waals surface area (Å²) in [6.45, 7) is 3.16. The first-order valence-corrected chi connectivity index (χ1v) is 10.2. The molecule has 0 unspecified atom stereocenters. The van der Waals surface area contributed by atoms with Gasteiger partial charge < -0.3 is 14.6 Å². The molecule has 0 amide bonds. The van der Waals surface area contributed by atoms with Gasteiger partial charge in [0, 0.05) is 29.5 Å². The minimum absolute atomic E-state index is 0.00234. The van der Waals surface area contributed by atoms with Crippen LogP contribution in [-0.4, -0.2) is 37.8 Å². The quantitative estimate of drug-likeness (QED) is 0.372. The van der Waals surface area contributed by atoms with Crippen LogP contribution in [0.25, 0.3) is 22.5 Å². The molecule has 0 saturated heterocycles. The Bertz CT molecular complexity index is 1310. The molecular weight excluding hydrogens is 446 g/mol. The SMILES string of the molecule is CC(C)(COc1ccc(-c2ccc(-c3nc(Oc4ccc(F)c(F)c4)n[nH]3)cc2)cn1)C(=O)O. The maximum absolute atomic E-state index is 13.3. The number of carboxylic acids is 1. The number of nitrogens with one attached hydrogen (secondary N) is 1. The van der Waals surface area contributed by atoms with Crippen LogP contribution in [0.4, 0.5) is 8.78 Å². The molecule has 0 radical (unpaired) electrons. The lowest BCUT2D eigenvalue weighted by atomic mass is 9.95. The van der Waals surface area contributed by atoms with E-state index < -0.39 is 23.0 Å². The van der Waals surface area contributed by atoms with E-state index in [0.29, 0.717) is 11.7 Å². The number of benzene rings is 2. The molecular formula is C24H20F2N4O4. The fourth-order valence-electron chi connectivity index (χ4n) is 2.84. The molecule has 0 aliphatic heterocycles. The van der Waals surface area contributed by atoms with Gasteiger partial charge in [-0.1, -0.05) is 24.3 Å². The van der Waals surface area contributed by atoms with Crippen molar-refractivity contribution in [2.75, 3.05) is 6.61 Å². The Labute approximate surface area is 193 Å². The van der Waals surface area contributed by atoms with Gasteiger partial charge in [-0.15, -0.1) is 5.10 Å². The van der Waals surface area contributed by atoms with E-state index in [1.807, 2.05) is 30.3 Å². The first kappa shape index (κ1) is 22.8. The molecule has 0 atom stereocenters. The molecule has 0 saturated carbocycles. The van der Waals surface area contributed by atoms with Crippen molar-refractivity contribution < 1.29 is 28.2 Å². The maximum atomic E-state index is 13.3. The van der Waals surface area contributed by atoms with E-state index >= 15 is 0 Å². The Morgan fingerprint density at radius 1 is 1.00 bits per heavy atom. The Balaban J connectivity index is 1.41. The van der Waals surface area contributed by atoms with Crippen molar-refractivity contribution in [1.29, 1.82) is 0 Å². The molecule has 34 heavy (non-hydrogen) atoms. The number of hydrogen-bond acceptors (Lipinski definition) is 6. The summed E-state index contributed by atoms with van der Waals surface area (Å²) in [7, 11) is 0. The predicted molar refractivity (Wildman–Crippen MR) is 118 cm³/mol. The van der Waals surface area contributed by atoms with Crippen LogP contribution in [0.3, 0.4) is 0 Å². The number of hydrogen-bond donors (Lipinski definition) is 2. The van der Waals surface area contributed by atoms with E-state index in [1.165, 1.54) is 6.07 Å². The molecule has 174 valence electrons. The minimum Gasteiger partial charge on any atom is -0.481 e. The summed E-state index contributed by atoms with van der Waals surface area (Å²) in [5.41, 5.74) is 1.46. The standard InChI is InChI=1S/C24H20F2N4O4/c1-24(2,22(31)32)13-33-20-10-7-16(12-27-20)14-3-5-15(6-4-14)21-28-23(30-29-21)34-17-8-9-18(25)19(26)11-17/h3-12H,13H2,1-2H3,(H,31,32)(H,28,29,30). The number of rotatable bonds is 8. The third-order valence-corrected chi connectivity index (χ3v) is 4.95. The van der Waals surface area contributed by atoms with E-state index in [1.54, 1.807) is 26.1 Å². The fourth-order valence-corrected chi connectivity index (χ4v) is 2.84. The molecule has 2 aromatic heterocycles. The molecule has 0 bridgehead atoms. The van der Waals surface area contributed by atoms with Crippen molar-refractivity contribution in [3.05, 3.63) is 72.4 Å². The van der Waals surface area contributed by atoms with Crippen molar-refractivity contribution in [3.8, 4) is 40.2 Å². The normalized spacial score (nSPS) is 11.3.